The van der Waals surface area contributed by atoms with E-state index in [2.05, 4.69) is 10.6 Å². The maximum absolute atomic E-state index is 13.2. The second-order valence-corrected chi connectivity index (χ2v) is 10.2. The third kappa shape index (κ3) is 6.94. The Kier molecular flexibility index (Phi) is 8.72. The van der Waals surface area contributed by atoms with Crippen LogP contribution >= 0.6 is 0 Å². The average molecular weight is 587 g/mol. The zero-order valence-corrected chi connectivity index (χ0v) is 24.4. The van der Waals surface area contributed by atoms with E-state index in [4.69, 9.17) is 9.47 Å². The number of ether oxygens (including phenoxy) is 2. The van der Waals surface area contributed by atoms with Gasteiger partial charge in [0.05, 0.1) is 18.4 Å². The molecule has 0 fully saturated rings. The zero-order valence-electron chi connectivity index (χ0n) is 24.4. The topological polar surface area (TPSA) is 114 Å². The number of aromatic hydroxyl groups is 1. The van der Waals surface area contributed by atoms with Gasteiger partial charge in [-0.2, -0.15) is 0 Å². The number of hydrogen-bond acceptors (Lipinski definition) is 6. The van der Waals surface area contributed by atoms with E-state index in [0.29, 0.717) is 45.1 Å². The first-order valence-corrected chi connectivity index (χ1v) is 13.8. The molecule has 0 heterocycles. The molecule has 0 unspecified atom stereocenters. The summed E-state index contributed by atoms with van der Waals surface area (Å²) >= 11 is 0. The number of carbonyl (C=O) groups excluding carboxylic acids is 3. The Bertz CT molecular complexity index is 1850. The molecule has 0 saturated carbocycles. The normalized spacial score (nSPS) is 10.5. The van der Waals surface area contributed by atoms with Crippen molar-refractivity contribution in [2.24, 2.45) is 0 Å². The number of carbonyl (C=O) groups is 3. The van der Waals surface area contributed by atoms with Gasteiger partial charge in [0.2, 0.25) is 0 Å². The van der Waals surface area contributed by atoms with E-state index in [1.165, 1.54) is 7.11 Å². The fourth-order valence-corrected chi connectivity index (χ4v) is 4.58. The highest BCUT2D eigenvalue weighted by Crippen LogP contribution is 2.30. The van der Waals surface area contributed by atoms with E-state index in [1.807, 2.05) is 25.1 Å². The van der Waals surface area contributed by atoms with Crippen LogP contribution in [-0.2, 0) is 0 Å². The zero-order chi connectivity index (χ0) is 31.2. The van der Waals surface area contributed by atoms with E-state index < -0.39 is 11.9 Å². The first-order valence-electron chi connectivity index (χ1n) is 13.8. The molecule has 0 aliphatic heterocycles. The number of aryl methyl sites for hydroxylation is 2. The van der Waals surface area contributed by atoms with Crippen molar-refractivity contribution in [3.05, 3.63) is 137 Å². The third-order valence-corrected chi connectivity index (χ3v) is 6.97. The number of anilines is 2. The molecule has 220 valence electrons. The maximum atomic E-state index is 13.2. The van der Waals surface area contributed by atoms with Crippen LogP contribution in [0.25, 0.3) is 11.1 Å². The van der Waals surface area contributed by atoms with Crippen molar-refractivity contribution in [2.75, 3.05) is 17.7 Å². The molecule has 0 spiro atoms. The van der Waals surface area contributed by atoms with Gasteiger partial charge < -0.3 is 25.2 Å². The molecular formula is C36H30N2O6. The number of nitrogens with one attached hydrogen (secondary N) is 2. The minimum atomic E-state index is -0.512. The number of hydrogen-bond donors (Lipinski definition) is 3. The van der Waals surface area contributed by atoms with Gasteiger partial charge in [0.1, 0.15) is 17.2 Å². The molecule has 0 aliphatic rings. The number of benzene rings is 5. The van der Waals surface area contributed by atoms with Crippen molar-refractivity contribution < 1.29 is 29.0 Å². The van der Waals surface area contributed by atoms with Crippen LogP contribution in [0.5, 0.6) is 17.2 Å². The quantitative estimate of drug-likeness (QED) is 0.129. The molecule has 0 saturated heterocycles. The molecule has 5 rings (SSSR count). The highest BCUT2D eigenvalue weighted by atomic mass is 16.5. The van der Waals surface area contributed by atoms with Crippen LogP contribution in [0.4, 0.5) is 11.4 Å². The number of phenolic OH excluding ortho intramolecular Hbond substituents is 1. The molecule has 0 aromatic heterocycles. The second-order valence-electron chi connectivity index (χ2n) is 10.2. The lowest BCUT2D eigenvalue weighted by molar-refractivity contribution is 0.0733. The van der Waals surface area contributed by atoms with E-state index in [1.54, 1.807) is 97.9 Å². The summed E-state index contributed by atoms with van der Waals surface area (Å²) in [6, 6.07) is 30.6. The number of methoxy groups -OCH3 is 1. The summed E-state index contributed by atoms with van der Waals surface area (Å²) in [5.74, 6) is -0.255. The molecule has 44 heavy (non-hydrogen) atoms. The average Bonchev–Trinajstić information content (AvgIpc) is 3.02. The van der Waals surface area contributed by atoms with Crippen molar-refractivity contribution in [1.82, 2.24) is 0 Å². The SMILES string of the molecule is COc1ccc(NC(=O)c2ccc(C(=O)Oc3ccc(C)cc3)c(C)c2)cc1NC(=O)c1cccc(-c2ccc(O)cc2)c1. The Hall–Kier alpha value is -5.89. The first-order chi connectivity index (χ1) is 21.2. The van der Waals surface area contributed by atoms with E-state index in [0.717, 1.165) is 16.7 Å². The molecule has 0 aliphatic carbocycles. The van der Waals surface area contributed by atoms with Crippen LogP contribution in [0.3, 0.4) is 0 Å². The van der Waals surface area contributed by atoms with Gasteiger partial charge in [0, 0.05) is 16.8 Å². The number of esters is 1. The van der Waals surface area contributed by atoms with E-state index >= 15 is 0 Å². The van der Waals surface area contributed by atoms with Gasteiger partial charge in [-0.1, -0.05) is 42.0 Å². The Morgan fingerprint density at radius 3 is 2.09 bits per heavy atom. The van der Waals surface area contributed by atoms with Crippen LogP contribution in [0.15, 0.2) is 109 Å². The fourth-order valence-electron chi connectivity index (χ4n) is 4.58. The van der Waals surface area contributed by atoms with Gasteiger partial charge in [-0.25, -0.2) is 4.79 Å². The summed E-state index contributed by atoms with van der Waals surface area (Å²) in [5, 5.41) is 15.3. The number of phenols is 1. The molecular weight excluding hydrogens is 556 g/mol. The summed E-state index contributed by atoms with van der Waals surface area (Å²) in [5.41, 5.74) is 5.24. The van der Waals surface area contributed by atoms with Gasteiger partial charge >= 0.3 is 5.97 Å². The summed E-state index contributed by atoms with van der Waals surface area (Å²) < 4.78 is 10.9. The van der Waals surface area contributed by atoms with Crippen LogP contribution in [0.1, 0.15) is 42.2 Å². The minimum Gasteiger partial charge on any atom is -0.508 e. The lowest BCUT2D eigenvalue weighted by Gasteiger charge is -2.14. The largest absolute Gasteiger partial charge is 0.508 e. The van der Waals surface area contributed by atoms with Gasteiger partial charge in [0.25, 0.3) is 11.8 Å². The second kappa shape index (κ2) is 13.0. The van der Waals surface area contributed by atoms with Crippen LogP contribution in [0.2, 0.25) is 0 Å². The van der Waals surface area contributed by atoms with Crippen LogP contribution < -0.4 is 20.1 Å². The number of rotatable bonds is 8. The molecule has 3 N–H and O–H groups in total. The molecule has 8 nitrogen and oxygen atoms in total. The van der Waals surface area contributed by atoms with Gasteiger partial charge in [-0.3, -0.25) is 9.59 Å². The van der Waals surface area contributed by atoms with Crippen molar-refractivity contribution >= 4 is 29.2 Å². The summed E-state index contributed by atoms with van der Waals surface area (Å²) in [6.07, 6.45) is 0. The lowest BCUT2D eigenvalue weighted by Crippen LogP contribution is -2.16. The summed E-state index contributed by atoms with van der Waals surface area (Å²) in [7, 11) is 1.49. The van der Waals surface area contributed by atoms with Crippen LogP contribution in [-0.4, -0.2) is 30.0 Å². The van der Waals surface area contributed by atoms with Gasteiger partial charge in [0.15, 0.2) is 0 Å². The lowest BCUT2D eigenvalue weighted by atomic mass is 10.0. The molecule has 5 aromatic carbocycles. The Morgan fingerprint density at radius 1 is 0.682 bits per heavy atom. The van der Waals surface area contributed by atoms with Crippen molar-refractivity contribution in [2.45, 2.75) is 13.8 Å². The molecule has 5 aromatic rings. The molecule has 8 heteroatoms. The van der Waals surface area contributed by atoms with E-state index in [-0.39, 0.29) is 11.7 Å². The van der Waals surface area contributed by atoms with Gasteiger partial charge in [-0.05, 0) is 103 Å². The Labute approximate surface area is 254 Å². The smallest absolute Gasteiger partial charge is 0.343 e. The maximum Gasteiger partial charge on any atom is 0.343 e. The highest BCUT2D eigenvalue weighted by Gasteiger charge is 2.16. The van der Waals surface area contributed by atoms with Crippen molar-refractivity contribution in [3.63, 3.8) is 0 Å². The standard InChI is InChI=1S/C36H30N2O6/c1-22-7-15-30(16-8-22)44-36(42)31-17-11-27(19-23(31)2)34(40)37-28-12-18-33(43-3)32(21-28)38-35(41)26-6-4-5-25(20-26)24-9-13-29(39)14-10-24/h4-21,39H,1-3H3,(H,37,40)(H,38,41). The minimum absolute atomic E-state index is 0.160. The van der Waals surface area contributed by atoms with Gasteiger partial charge in [-0.15, -0.1) is 0 Å². The molecule has 0 bridgehead atoms. The van der Waals surface area contributed by atoms with Crippen molar-refractivity contribution in [3.8, 4) is 28.4 Å². The molecule has 0 radical (unpaired) electrons. The predicted molar refractivity (Wildman–Crippen MR) is 170 cm³/mol. The Morgan fingerprint density at radius 2 is 1.39 bits per heavy atom. The Balaban J connectivity index is 1.29. The summed E-state index contributed by atoms with van der Waals surface area (Å²) in [6.45, 7) is 3.68. The highest BCUT2D eigenvalue weighted by molar-refractivity contribution is 6.08. The van der Waals surface area contributed by atoms with E-state index in [9.17, 15) is 19.5 Å². The molecule has 2 amide bonds. The summed E-state index contributed by atoms with van der Waals surface area (Å²) in [4.78, 5) is 39.0. The monoisotopic (exact) mass is 586 g/mol. The first kappa shape index (κ1) is 29.6. The van der Waals surface area contributed by atoms with Crippen molar-refractivity contribution in [1.29, 1.82) is 0 Å². The van der Waals surface area contributed by atoms with Crippen LogP contribution in [0, 0.1) is 13.8 Å². The number of amides is 2. The third-order valence-electron chi connectivity index (χ3n) is 6.97. The molecule has 0 atom stereocenters. The fraction of sp³-hybridized carbons (Fsp3) is 0.0833. The predicted octanol–water partition coefficient (Wildman–Crippen LogP) is 7.41.